The lowest BCUT2D eigenvalue weighted by Gasteiger charge is -2.45. The van der Waals surface area contributed by atoms with Crippen molar-refractivity contribution in [2.24, 2.45) is 0 Å². The monoisotopic (exact) mass is 962 g/mol. The molecule has 2 aliphatic rings. The fraction of sp³-hybridized carbons (Fsp3) is 0.114. The van der Waals surface area contributed by atoms with Gasteiger partial charge in [0.1, 0.15) is 0 Å². The standard InChI is InChI=1S/C70H55BN4/c1-69(2,3)49-27-31-51(32-28-49)74-63-41-48(62-43-61(46-19-9-7-10-20-46)72-68(73-62)47-21-11-8-12-22-47)42-64-65(63)71(59-39-37-55-53-23-15-13-17-44(53)25-35-57(55)66(59)74)60-40-38-56-54-24-16-14-18-45(54)26-36-58(56)67(60)75(64)52-33-29-50(30-34-52)70(4,5)6/h7-43H,1-6H3. The van der Waals surface area contributed by atoms with Crippen LogP contribution in [-0.4, -0.2) is 16.7 Å². The Morgan fingerprint density at radius 3 is 1.23 bits per heavy atom. The summed E-state index contributed by atoms with van der Waals surface area (Å²) in [5.74, 6) is 0.687. The zero-order valence-electron chi connectivity index (χ0n) is 43.2. The fourth-order valence-corrected chi connectivity index (χ4v) is 12.1. The molecule has 0 amide bonds. The number of hydrogen-bond donors (Lipinski definition) is 0. The molecule has 14 rings (SSSR count). The van der Waals surface area contributed by atoms with Gasteiger partial charge in [0, 0.05) is 61.6 Å². The lowest BCUT2D eigenvalue weighted by atomic mass is 9.33. The van der Waals surface area contributed by atoms with Gasteiger partial charge in [-0.05, 0) is 113 Å². The molecule has 75 heavy (non-hydrogen) atoms. The Labute approximate surface area is 439 Å². The van der Waals surface area contributed by atoms with Crippen LogP contribution >= 0.6 is 0 Å². The fourth-order valence-electron chi connectivity index (χ4n) is 12.1. The van der Waals surface area contributed by atoms with Gasteiger partial charge in [0.05, 0.1) is 11.4 Å². The van der Waals surface area contributed by atoms with Gasteiger partial charge in [0.15, 0.2) is 5.82 Å². The normalized spacial score (nSPS) is 13.1. The number of benzene rings is 11. The summed E-state index contributed by atoms with van der Waals surface area (Å²) in [6.45, 7) is 13.7. The van der Waals surface area contributed by atoms with Gasteiger partial charge >= 0.3 is 0 Å². The van der Waals surface area contributed by atoms with E-state index in [2.05, 4.69) is 276 Å². The Morgan fingerprint density at radius 2 is 0.760 bits per heavy atom. The van der Waals surface area contributed by atoms with E-state index in [1.54, 1.807) is 0 Å². The van der Waals surface area contributed by atoms with Crippen molar-refractivity contribution in [3.05, 3.63) is 236 Å². The van der Waals surface area contributed by atoms with E-state index < -0.39 is 0 Å². The number of fused-ring (bicyclic) bond motifs is 12. The molecule has 358 valence electrons. The third kappa shape index (κ3) is 7.28. The van der Waals surface area contributed by atoms with Crippen LogP contribution < -0.4 is 26.2 Å². The average Bonchev–Trinajstić information content (AvgIpc) is 3.50. The van der Waals surface area contributed by atoms with Gasteiger partial charge in [-0.15, -0.1) is 0 Å². The maximum Gasteiger partial charge on any atom is 0.252 e. The van der Waals surface area contributed by atoms with Crippen molar-refractivity contribution in [3.63, 3.8) is 0 Å². The molecule has 0 fully saturated rings. The Morgan fingerprint density at radius 1 is 0.347 bits per heavy atom. The van der Waals surface area contributed by atoms with Gasteiger partial charge < -0.3 is 9.80 Å². The highest BCUT2D eigenvalue weighted by molar-refractivity contribution is 7.00. The molecule has 11 aromatic carbocycles. The third-order valence-electron chi connectivity index (χ3n) is 15.9. The molecule has 0 unspecified atom stereocenters. The van der Waals surface area contributed by atoms with Crippen molar-refractivity contribution in [2.45, 2.75) is 52.4 Å². The molecule has 0 radical (unpaired) electrons. The number of hydrogen-bond acceptors (Lipinski definition) is 4. The summed E-state index contributed by atoms with van der Waals surface area (Å²) in [5, 5.41) is 9.86. The minimum absolute atomic E-state index is 0.0189. The molecular weight excluding hydrogens is 908 g/mol. The first-order valence-electron chi connectivity index (χ1n) is 26.3. The maximum atomic E-state index is 5.54. The van der Waals surface area contributed by atoms with Crippen molar-refractivity contribution in [1.82, 2.24) is 9.97 Å². The number of aromatic nitrogens is 2. The molecule has 0 aliphatic carbocycles. The summed E-state index contributed by atoms with van der Waals surface area (Å²) < 4.78 is 0. The highest BCUT2D eigenvalue weighted by Crippen LogP contribution is 2.50. The summed E-state index contributed by atoms with van der Waals surface area (Å²) in [6.07, 6.45) is 0. The van der Waals surface area contributed by atoms with Crippen LogP contribution in [0.3, 0.4) is 0 Å². The molecule has 0 spiro atoms. The Hall–Kier alpha value is -8.80. The smallest absolute Gasteiger partial charge is 0.252 e. The van der Waals surface area contributed by atoms with E-state index in [-0.39, 0.29) is 17.5 Å². The molecule has 0 atom stereocenters. The maximum absolute atomic E-state index is 5.54. The van der Waals surface area contributed by atoms with Crippen LogP contribution in [-0.2, 0) is 10.8 Å². The molecule has 4 nitrogen and oxygen atoms in total. The van der Waals surface area contributed by atoms with Crippen LogP contribution in [0.2, 0.25) is 0 Å². The highest BCUT2D eigenvalue weighted by Gasteiger charge is 2.45. The minimum Gasteiger partial charge on any atom is -0.311 e. The van der Waals surface area contributed by atoms with E-state index in [0.717, 1.165) is 50.8 Å². The van der Waals surface area contributed by atoms with E-state index in [0.29, 0.717) is 5.82 Å². The SMILES string of the molecule is CC(C)(C)c1ccc(N2c3cc(-c4cc(-c5ccccc5)nc(-c5ccccc5)n4)cc4c3B(c3ccc5c(ccc6ccccc65)c32)c2ccc3c(ccc5ccccc53)c2N4c2ccc(C(C)(C)C)cc2)cc1. The molecular formula is C70H55BN4. The first kappa shape index (κ1) is 44.9. The van der Waals surface area contributed by atoms with Gasteiger partial charge in [0.2, 0.25) is 0 Å². The van der Waals surface area contributed by atoms with Crippen LogP contribution in [0.4, 0.5) is 34.1 Å². The molecule has 5 heteroatoms. The summed E-state index contributed by atoms with van der Waals surface area (Å²) in [5.41, 5.74) is 18.0. The summed E-state index contributed by atoms with van der Waals surface area (Å²) in [4.78, 5) is 16.0. The van der Waals surface area contributed by atoms with Crippen LogP contribution in [0, 0.1) is 0 Å². The van der Waals surface area contributed by atoms with Crippen LogP contribution in [0.15, 0.2) is 224 Å². The second-order valence-electron chi connectivity index (χ2n) is 22.6. The largest absolute Gasteiger partial charge is 0.311 e. The predicted octanol–water partition coefficient (Wildman–Crippen LogP) is 16.8. The zero-order chi connectivity index (χ0) is 50.7. The van der Waals surface area contributed by atoms with E-state index >= 15 is 0 Å². The van der Waals surface area contributed by atoms with Crippen molar-refractivity contribution in [3.8, 4) is 33.9 Å². The first-order valence-corrected chi connectivity index (χ1v) is 26.3. The highest BCUT2D eigenvalue weighted by atomic mass is 15.2. The molecule has 0 saturated heterocycles. The van der Waals surface area contributed by atoms with Crippen molar-refractivity contribution in [1.29, 1.82) is 0 Å². The van der Waals surface area contributed by atoms with Crippen molar-refractivity contribution in [2.75, 3.05) is 9.80 Å². The summed E-state index contributed by atoms with van der Waals surface area (Å²) in [6, 6.07) is 83.3. The van der Waals surface area contributed by atoms with Crippen LogP contribution in [0.25, 0.3) is 77.0 Å². The average molecular weight is 963 g/mol. The van der Waals surface area contributed by atoms with Gasteiger partial charge in [-0.3, -0.25) is 0 Å². The number of rotatable bonds is 5. The number of anilines is 6. The topological polar surface area (TPSA) is 32.3 Å². The Bertz CT molecular complexity index is 3980. The van der Waals surface area contributed by atoms with Gasteiger partial charge in [0.25, 0.3) is 6.71 Å². The van der Waals surface area contributed by atoms with Gasteiger partial charge in [-0.2, -0.15) is 0 Å². The molecule has 12 aromatic rings. The van der Waals surface area contributed by atoms with E-state index in [1.807, 2.05) is 0 Å². The van der Waals surface area contributed by atoms with Crippen LogP contribution in [0.5, 0.6) is 0 Å². The molecule has 0 saturated carbocycles. The molecule has 1 aromatic heterocycles. The summed E-state index contributed by atoms with van der Waals surface area (Å²) in [7, 11) is 0. The van der Waals surface area contributed by atoms with Gasteiger partial charge in [-0.25, -0.2) is 9.97 Å². The van der Waals surface area contributed by atoms with Crippen molar-refractivity contribution < 1.29 is 0 Å². The quantitative estimate of drug-likeness (QED) is 0.127. The molecule has 3 heterocycles. The second kappa shape index (κ2) is 16.9. The lowest BCUT2D eigenvalue weighted by Crippen LogP contribution is -2.61. The molecule has 2 aliphatic heterocycles. The van der Waals surface area contributed by atoms with Gasteiger partial charge in [-0.1, -0.05) is 224 Å². The van der Waals surface area contributed by atoms with Crippen molar-refractivity contribution >= 4 is 100 Å². The van der Waals surface area contributed by atoms with E-state index in [1.165, 1.54) is 82.0 Å². The Balaban J connectivity index is 1.15. The van der Waals surface area contributed by atoms with E-state index in [9.17, 15) is 0 Å². The van der Waals surface area contributed by atoms with Crippen LogP contribution in [0.1, 0.15) is 52.7 Å². The second-order valence-corrected chi connectivity index (χ2v) is 22.6. The number of nitrogens with zero attached hydrogens (tertiary/aromatic N) is 4. The third-order valence-corrected chi connectivity index (χ3v) is 15.9. The summed E-state index contributed by atoms with van der Waals surface area (Å²) >= 11 is 0. The molecule has 0 N–H and O–H groups in total. The zero-order valence-corrected chi connectivity index (χ0v) is 43.2. The van der Waals surface area contributed by atoms with E-state index in [4.69, 9.17) is 9.97 Å². The first-order chi connectivity index (χ1) is 36.5. The minimum atomic E-state index is -0.110. The molecule has 0 bridgehead atoms. The predicted molar refractivity (Wildman–Crippen MR) is 320 cm³/mol. The Kier molecular flexibility index (Phi) is 10.1. The lowest BCUT2D eigenvalue weighted by molar-refractivity contribution is 0.590.